The average molecular weight is 460 g/mol. The lowest BCUT2D eigenvalue weighted by atomic mass is 10.1. The average Bonchev–Trinajstić information content (AvgIpc) is 2.37. The van der Waals surface area contributed by atoms with Crippen molar-refractivity contribution in [1.82, 2.24) is 10.6 Å². The van der Waals surface area contributed by atoms with Gasteiger partial charge >= 0.3 is 11.9 Å². The molecule has 0 saturated heterocycles. The number of carboxylic acid groups (broad SMARTS) is 2. The van der Waals surface area contributed by atoms with Crippen molar-refractivity contribution < 1.29 is 29.4 Å². The molecule has 0 aromatic rings. The smallest absolute Gasteiger partial charge is 0.326 e. The zero-order valence-electron chi connectivity index (χ0n) is 12.8. The molecule has 23 heavy (non-hydrogen) atoms. The molecule has 4 N–H and O–H groups in total. The molecule has 0 aliphatic carbocycles. The molecule has 0 aliphatic rings. The van der Waals surface area contributed by atoms with E-state index in [0.29, 0.717) is 0 Å². The predicted molar refractivity (Wildman–Crippen MR) is 94.7 cm³/mol. The molecule has 10 heteroatoms. The first-order chi connectivity index (χ1) is 10.4. The van der Waals surface area contributed by atoms with Crippen LogP contribution in [0.2, 0.25) is 0 Å². The van der Waals surface area contributed by atoms with Crippen LogP contribution in [-0.2, 0) is 19.2 Å². The predicted octanol–water partition coefficient (Wildman–Crippen LogP) is 0.787. The molecule has 0 aromatic heterocycles. The van der Waals surface area contributed by atoms with Crippen molar-refractivity contribution >= 4 is 56.9 Å². The third-order valence-corrected chi connectivity index (χ3v) is 3.42. The van der Waals surface area contributed by atoms with Crippen LogP contribution in [0.1, 0.15) is 39.5 Å². The van der Waals surface area contributed by atoms with E-state index in [0.717, 1.165) is 0 Å². The first kappa shape index (κ1) is 22.1. The van der Waals surface area contributed by atoms with Crippen molar-refractivity contribution in [3.63, 3.8) is 0 Å². The number of amides is 1. The number of halogens is 1. The lowest BCUT2D eigenvalue weighted by molar-refractivity contribution is -0.143. The minimum absolute atomic E-state index is 0.00682. The molecule has 2 atom stereocenters. The van der Waals surface area contributed by atoms with Gasteiger partial charge in [-0.3, -0.25) is 19.7 Å². The molecule has 0 bridgehead atoms. The van der Waals surface area contributed by atoms with Crippen LogP contribution >= 0.6 is 35.2 Å². The van der Waals surface area contributed by atoms with E-state index in [9.17, 15) is 19.2 Å². The third kappa shape index (κ3) is 11.3. The van der Waals surface area contributed by atoms with Crippen molar-refractivity contribution in [3.8, 4) is 0 Å². The van der Waals surface area contributed by atoms with Crippen molar-refractivity contribution in [2.45, 2.75) is 56.5 Å². The van der Waals surface area contributed by atoms with Gasteiger partial charge in [-0.25, -0.2) is 4.79 Å². The molecular weight excluding hydrogens is 439 g/mol. The number of hydrogen-bond acceptors (Lipinski definition) is 6. The summed E-state index contributed by atoms with van der Waals surface area (Å²) in [5, 5.41) is 23.2. The molecule has 0 fully saturated rings. The lowest BCUT2D eigenvalue weighted by Crippen LogP contribution is -2.47. The van der Waals surface area contributed by atoms with Gasteiger partial charge in [-0.05, 0) is 49.3 Å². The van der Waals surface area contributed by atoms with Crippen molar-refractivity contribution in [3.05, 3.63) is 0 Å². The molecular formula is C13H21IN2O6S. The van der Waals surface area contributed by atoms with E-state index in [1.807, 2.05) is 0 Å². The Morgan fingerprint density at radius 2 is 1.52 bits per heavy atom. The van der Waals surface area contributed by atoms with Crippen LogP contribution in [0.25, 0.3) is 0 Å². The number of rotatable bonds is 11. The summed E-state index contributed by atoms with van der Waals surface area (Å²) in [6.45, 7) is 3.35. The van der Waals surface area contributed by atoms with Crippen LogP contribution in [0.5, 0.6) is 0 Å². The van der Waals surface area contributed by atoms with E-state index in [-0.39, 0.29) is 29.5 Å². The lowest BCUT2D eigenvalue weighted by Gasteiger charge is -2.25. The largest absolute Gasteiger partial charge is 0.480 e. The fourth-order valence-electron chi connectivity index (χ4n) is 1.74. The highest BCUT2D eigenvalue weighted by atomic mass is 127. The van der Waals surface area contributed by atoms with Crippen LogP contribution in [0.15, 0.2) is 0 Å². The van der Waals surface area contributed by atoms with Crippen LogP contribution in [0.3, 0.4) is 0 Å². The SMILES string of the molecule is CC(C)(S)N[C@H](CCC(=O)N[C@H](CCC(=O)I)C(=O)O)C(=O)O. The minimum atomic E-state index is -1.24. The maximum atomic E-state index is 11.8. The molecule has 0 spiro atoms. The monoisotopic (exact) mass is 460 g/mol. The highest BCUT2D eigenvalue weighted by Gasteiger charge is 2.26. The van der Waals surface area contributed by atoms with Gasteiger partial charge < -0.3 is 15.5 Å². The summed E-state index contributed by atoms with van der Waals surface area (Å²) in [6.07, 6.45) is -0.142. The Kier molecular flexibility index (Phi) is 9.70. The maximum Gasteiger partial charge on any atom is 0.326 e. The van der Waals surface area contributed by atoms with Gasteiger partial charge in [0.15, 0.2) is 3.79 Å². The van der Waals surface area contributed by atoms with Gasteiger partial charge in [0, 0.05) is 12.8 Å². The van der Waals surface area contributed by atoms with Crippen molar-refractivity contribution in [1.29, 1.82) is 0 Å². The number of carbonyl (C=O) groups excluding carboxylic acids is 2. The summed E-state index contributed by atoms with van der Waals surface area (Å²) in [7, 11) is 0. The summed E-state index contributed by atoms with van der Waals surface area (Å²) in [6, 6.07) is -2.15. The summed E-state index contributed by atoms with van der Waals surface area (Å²) >= 11 is 5.73. The number of carboxylic acids is 2. The van der Waals surface area contributed by atoms with Crippen molar-refractivity contribution in [2.24, 2.45) is 0 Å². The second-order valence-corrected chi connectivity index (χ2v) is 7.81. The van der Waals surface area contributed by atoms with Gasteiger partial charge in [0.2, 0.25) is 5.91 Å². The second kappa shape index (κ2) is 10.1. The highest BCUT2D eigenvalue weighted by Crippen LogP contribution is 2.11. The zero-order valence-corrected chi connectivity index (χ0v) is 15.9. The Morgan fingerprint density at radius 3 is 1.91 bits per heavy atom. The topological polar surface area (TPSA) is 133 Å². The fourth-order valence-corrected chi connectivity index (χ4v) is 2.21. The molecule has 0 aromatic carbocycles. The maximum absolute atomic E-state index is 11.8. The molecule has 0 heterocycles. The van der Waals surface area contributed by atoms with Gasteiger partial charge in [-0.2, -0.15) is 12.6 Å². The van der Waals surface area contributed by atoms with Gasteiger partial charge in [-0.15, -0.1) is 0 Å². The van der Waals surface area contributed by atoms with E-state index >= 15 is 0 Å². The van der Waals surface area contributed by atoms with Crippen LogP contribution in [0.4, 0.5) is 0 Å². The minimum Gasteiger partial charge on any atom is -0.480 e. The number of hydrogen-bond donors (Lipinski definition) is 5. The third-order valence-electron chi connectivity index (χ3n) is 2.75. The van der Waals surface area contributed by atoms with E-state index in [2.05, 4.69) is 23.3 Å². The zero-order chi connectivity index (χ0) is 18.2. The standard InChI is InChI=1S/C13H21IN2O6S/c1-13(2,23)16-8(12(21)22)4-6-10(18)15-7(11(19)20)3-5-9(14)17/h7-8,16,23H,3-6H2,1-2H3,(H,15,18)(H,19,20)(H,21,22)/t7-,8-/m1/s1. The van der Waals surface area contributed by atoms with Gasteiger partial charge in [-0.1, -0.05) is 0 Å². The van der Waals surface area contributed by atoms with Crippen molar-refractivity contribution in [2.75, 3.05) is 0 Å². The Balaban J connectivity index is 4.51. The van der Waals surface area contributed by atoms with Gasteiger partial charge in [0.05, 0.1) is 4.87 Å². The Bertz CT molecular complexity index is 466. The molecule has 1 amide bonds. The summed E-state index contributed by atoms with van der Waals surface area (Å²) in [5.41, 5.74) is 0. The number of nitrogens with one attached hydrogen (secondary N) is 2. The molecule has 0 aliphatic heterocycles. The number of aliphatic carboxylic acids is 2. The van der Waals surface area contributed by atoms with E-state index in [1.54, 1.807) is 36.4 Å². The first-order valence-corrected chi connectivity index (χ1v) is 8.38. The molecule has 8 nitrogen and oxygen atoms in total. The Labute approximate surface area is 153 Å². The number of carbonyl (C=O) groups is 4. The van der Waals surface area contributed by atoms with Gasteiger partial charge in [0.25, 0.3) is 0 Å². The molecule has 0 rings (SSSR count). The van der Waals surface area contributed by atoms with E-state index < -0.39 is 34.8 Å². The fraction of sp³-hybridized carbons (Fsp3) is 0.692. The highest BCUT2D eigenvalue weighted by molar-refractivity contribution is 14.1. The molecule has 0 unspecified atom stereocenters. The normalized spacial score (nSPS) is 13.9. The Morgan fingerprint density at radius 1 is 1.04 bits per heavy atom. The molecule has 132 valence electrons. The van der Waals surface area contributed by atoms with Crippen LogP contribution in [-0.4, -0.2) is 48.8 Å². The van der Waals surface area contributed by atoms with Gasteiger partial charge in [0.1, 0.15) is 12.1 Å². The molecule has 0 saturated carbocycles. The Hall–Kier alpha value is -0.880. The summed E-state index contributed by atoms with van der Waals surface area (Å²) < 4.78 is -0.200. The van der Waals surface area contributed by atoms with Crippen LogP contribution in [0, 0.1) is 0 Å². The van der Waals surface area contributed by atoms with Crippen LogP contribution < -0.4 is 10.6 Å². The second-order valence-electron chi connectivity index (χ2n) is 5.48. The molecule has 0 radical (unpaired) electrons. The quantitative estimate of drug-likeness (QED) is 0.133. The summed E-state index contributed by atoms with van der Waals surface area (Å²) in [4.78, 5) is 44.1. The summed E-state index contributed by atoms with van der Waals surface area (Å²) in [5.74, 6) is -2.94. The first-order valence-electron chi connectivity index (χ1n) is 6.85. The van der Waals surface area contributed by atoms with E-state index in [4.69, 9.17) is 10.2 Å². The van der Waals surface area contributed by atoms with E-state index in [1.165, 1.54) is 0 Å². The number of thiol groups is 1.